The maximum atomic E-state index is 12.3. The lowest BCUT2D eigenvalue weighted by Gasteiger charge is -2.60. The molecule has 2 heteroatoms. The Labute approximate surface area is 119 Å². The van der Waals surface area contributed by atoms with Gasteiger partial charge in [0.2, 0.25) is 0 Å². The molecule has 6 atom stereocenters. The summed E-state index contributed by atoms with van der Waals surface area (Å²) in [6.45, 7) is 4.79. The van der Waals surface area contributed by atoms with Crippen LogP contribution in [0.3, 0.4) is 0 Å². The Morgan fingerprint density at radius 2 is 1.65 bits per heavy atom. The predicted octanol–water partition coefficient (Wildman–Crippen LogP) is 2.94. The highest BCUT2D eigenvalue weighted by Crippen LogP contribution is 2.71. The third-order valence-corrected chi connectivity index (χ3v) is 7.36. The first-order valence-corrected chi connectivity index (χ1v) is 7.98. The average Bonchev–Trinajstić information content (AvgIpc) is 2.99. The summed E-state index contributed by atoms with van der Waals surface area (Å²) < 4.78 is 0. The van der Waals surface area contributed by atoms with E-state index in [2.05, 4.69) is 13.8 Å². The van der Waals surface area contributed by atoms with Gasteiger partial charge in [-0.25, -0.2) is 0 Å². The summed E-state index contributed by atoms with van der Waals surface area (Å²) >= 11 is 0. The first kappa shape index (κ1) is 11.5. The monoisotopic (exact) mass is 268 g/mol. The molecule has 0 saturated heterocycles. The molecular formula is C18H20O2. The molecule has 0 aromatic carbocycles. The Balaban J connectivity index is 1.64. The number of carbonyl (C=O) groups is 2. The molecule has 0 amide bonds. The number of hydrogen-bond acceptors (Lipinski definition) is 2. The lowest BCUT2D eigenvalue weighted by atomic mass is 9.45. The molecule has 2 nitrogen and oxygen atoms in total. The Bertz CT molecular complexity index is 621. The van der Waals surface area contributed by atoms with Crippen LogP contribution >= 0.6 is 0 Å². The quantitative estimate of drug-likeness (QED) is 0.633. The zero-order valence-corrected chi connectivity index (χ0v) is 12.1. The Morgan fingerprint density at radius 3 is 2.30 bits per heavy atom. The summed E-state index contributed by atoms with van der Waals surface area (Å²) in [5.74, 6) is 2.73. The topological polar surface area (TPSA) is 34.1 Å². The van der Waals surface area contributed by atoms with Gasteiger partial charge in [0.15, 0.2) is 11.6 Å². The van der Waals surface area contributed by atoms with Crippen LogP contribution in [0.2, 0.25) is 0 Å². The number of rotatable bonds is 0. The van der Waals surface area contributed by atoms with Gasteiger partial charge >= 0.3 is 0 Å². The second-order valence-electron chi connectivity index (χ2n) is 8.13. The van der Waals surface area contributed by atoms with E-state index >= 15 is 0 Å². The molecule has 6 aliphatic carbocycles. The molecule has 4 bridgehead atoms. The zero-order chi connectivity index (χ0) is 13.8. The van der Waals surface area contributed by atoms with Crippen molar-refractivity contribution < 1.29 is 9.59 Å². The molecule has 0 aromatic rings. The molecule has 0 aromatic heterocycles. The van der Waals surface area contributed by atoms with Gasteiger partial charge in [-0.15, -0.1) is 0 Å². The van der Waals surface area contributed by atoms with E-state index in [-0.39, 0.29) is 23.4 Å². The third kappa shape index (κ3) is 1.03. The summed E-state index contributed by atoms with van der Waals surface area (Å²) in [6.07, 6.45) is 6.69. The van der Waals surface area contributed by atoms with Crippen molar-refractivity contribution >= 4 is 11.6 Å². The van der Waals surface area contributed by atoms with Gasteiger partial charge in [-0.3, -0.25) is 9.59 Å². The zero-order valence-electron chi connectivity index (χ0n) is 12.1. The van der Waals surface area contributed by atoms with Crippen LogP contribution in [-0.4, -0.2) is 11.6 Å². The maximum Gasteiger partial charge on any atom is 0.160 e. The van der Waals surface area contributed by atoms with Crippen molar-refractivity contribution in [1.29, 1.82) is 0 Å². The second-order valence-corrected chi connectivity index (χ2v) is 8.13. The first-order valence-electron chi connectivity index (χ1n) is 7.98. The van der Waals surface area contributed by atoms with Gasteiger partial charge in [-0.05, 0) is 60.5 Å². The maximum absolute atomic E-state index is 12.3. The number of fused-ring (bicyclic) bond motifs is 5. The fraction of sp³-hybridized carbons (Fsp3) is 0.667. The number of carbonyl (C=O) groups excluding carboxylic acids is 2. The minimum absolute atomic E-state index is 0.00291. The lowest BCUT2D eigenvalue weighted by Crippen LogP contribution is -2.52. The van der Waals surface area contributed by atoms with Crippen LogP contribution in [0, 0.1) is 40.9 Å². The minimum Gasteiger partial charge on any atom is -0.294 e. The highest BCUT2D eigenvalue weighted by Gasteiger charge is 2.64. The van der Waals surface area contributed by atoms with Crippen molar-refractivity contribution in [2.45, 2.75) is 33.1 Å². The number of hydrogen-bond donors (Lipinski definition) is 0. The van der Waals surface area contributed by atoms with Gasteiger partial charge in [0, 0.05) is 11.8 Å². The SMILES string of the molecule is CC1(C)[C@H]2CC3=C([C@H]4C[C@H]3[C@@H]3C(=O)C=CC(=O)[C@H]34)[C@H]1C2. The second kappa shape index (κ2) is 3.18. The summed E-state index contributed by atoms with van der Waals surface area (Å²) in [7, 11) is 0. The Morgan fingerprint density at radius 1 is 1.00 bits per heavy atom. The van der Waals surface area contributed by atoms with Gasteiger partial charge in [0.25, 0.3) is 0 Å². The van der Waals surface area contributed by atoms with Crippen LogP contribution in [0.1, 0.15) is 33.1 Å². The average molecular weight is 268 g/mol. The highest BCUT2D eigenvalue weighted by molar-refractivity contribution is 6.08. The Kier molecular flexibility index (Phi) is 1.82. The van der Waals surface area contributed by atoms with E-state index in [9.17, 15) is 9.59 Å². The van der Waals surface area contributed by atoms with Crippen LogP contribution in [0.25, 0.3) is 0 Å². The molecule has 0 spiro atoms. The summed E-state index contributed by atoms with van der Waals surface area (Å²) in [5.41, 5.74) is 3.66. The van der Waals surface area contributed by atoms with Crippen molar-refractivity contribution in [3.63, 3.8) is 0 Å². The van der Waals surface area contributed by atoms with Crippen molar-refractivity contribution in [2.75, 3.05) is 0 Å². The van der Waals surface area contributed by atoms with Crippen LogP contribution in [0.15, 0.2) is 23.3 Å². The van der Waals surface area contributed by atoms with E-state index in [1.165, 1.54) is 18.9 Å². The van der Waals surface area contributed by atoms with E-state index in [0.29, 0.717) is 23.2 Å². The normalized spacial score (nSPS) is 50.1. The lowest BCUT2D eigenvalue weighted by molar-refractivity contribution is -0.130. The van der Waals surface area contributed by atoms with Crippen LogP contribution in [-0.2, 0) is 9.59 Å². The van der Waals surface area contributed by atoms with Gasteiger partial charge < -0.3 is 0 Å². The van der Waals surface area contributed by atoms with Crippen molar-refractivity contribution in [3.8, 4) is 0 Å². The fourth-order valence-electron chi connectivity index (χ4n) is 6.24. The highest BCUT2D eigenvalue weighted by atomic mass is 16.1. The van der Waals surface area contributed by atoms with Crippen LogP contribution in [0.4, 0.5) is 0 Å². The molecular weight excluding hydrogens is 248 g/mol. The van der Waals surface area contributed by atoms with E-state index in [0.717, 1.165) is 12.3 Å². The van der Waals surface area contributed by atoms with Crippen molar-refractivity contribution in [3.05, 3.63) is 23.3 Å². The molecule has 0 unspecified atom stereocenters. The van der Waals surface area contributed by atoms with E-state index in [1.54, 1.807) is 17.2 Å². The number of allylic oxidation sites excluding steroid dienone is 4. The number of ketones is 2. The standard InChI is InChI=1S/C18H20O2/c1-18(2)8-5-9-10-7-11(15(9)12(18)6-8)17-14(20)4-3-13(19)16(10)17/h3-4,8,10-12,16-17H,5-7H2,1-2H3/t8-,10+,11+,12+,16+,17+/m0/s1. The molecule has 104 valence electrons. The molecule has 0 heterocycles. The summed E-state index contributed by atoms with van der Waals surface area (Å²) in [6, 6.07) is 0. The molecule has 0 N–H and O–H groups in total. The Hall–Kier alpha value is -1.18. The van der Waals surface area contributed by atoms with Crippen LogP contribution < -0.4 is 0 Å². The molecule has 2 saturated carbocycles. The summed E-state index contributed by atoms with van der Waals surface area (Å²) in [5, 5.41) is 0. The van der Waals surface area contributed by atoms with Gasteiger partial charge in [0.1, 0.15) is 0 Å². The third-order valence-electron chi connectivity index (χ3n) is 7.36. The molecule has 6 aliphatic rings. The molecule has 2 fully saturated rings. The predicted molar refractivity (Wildman–Crippen MR) is 74.8 cm³/mol. The molecule has 0 radical (unpaired) electrons. The molecule has 20 heavy (non-hydrogen) atoms. The minimum atomic E-state index is -0.0100. The van der Waals surface area contributed by atoms with Gasteiger partial charge in [-0.2, -0.15) is 0 Å². The molecule has 6 rings (SSSR count). The molecule has 0 aliphatic heterocycles. The van der Waals surface area contributed by atoms with E-state index in [1.807, 2.05) is 0 Å². The fourth-order valence-corrected chi connectivity index (χ4v) is 6.24. The van der Waals surface area contributed by atoms with Gasteiger partial charge in [0.05, 0.1) is 0 Å². The largest absolute Gasteiger partial charge is 0.294 e. The summed E-state index contributed by atoms with van der Waals surface area (Å²) in [4.78, 5) is 24.5. The van der Waals surface area contributed by atoms with E-state index in [4.69, 9.17) is 0 Å². The van der Waals surface area contributed by atoms with Gasteiger partial charge in [-0.1, -0.05) is 25.0 Å². The van der Waals surface area contributed by atoms with Crippen molar-refractivity contribution in [1.82, 2.24) is 0 Å². The smallest absolute Gasteiger partial charge is 0.160 e. The first-order chi connectivity index (χ1) is 9.50. The van der Waals surface area contributed by atoms with Crippen LogP contribution in [0.5, 0.6) is 0 Å². The van der Waals surface area contributed by atoms with E-state index < -0.39 is 0 Å². The van der Waals surface area contributed by atoms with Crippen molar-refractivity contribution in [2.24, 2.45) is 40.9 Å².